The molecule has 6 nitrogen and oxygen atoms in total. The van der Waals surface area contributed by atoms with Crippen LogP contribution in [0.25, 0.3) is 11.7 Å². The Labute approximate surface area is 196 Å². The van der Waals surface area contributed by atoms with Gasteiger partial charge in [0.25, 0.3) is 11.5 Å². The lowest BCUT2D eigenvalue weighted by Crippen LogP contribution is -2.36. The topological polar surface area (TPSA) is 66.7 Å². The third kappa shape index (κ3) is 4.33. The van der Waals surface area contributed by atoms with Crippen LogP contribution in [0.3, 0.4) is 0 Å². The van der Waals surface area contributed by atoms with Gasteiger partial charge in [-0.05, 0) is 44.0 Å². The maximum atomic E-state index is 13.3. The Morgan fingerprint density at radius 3 is 2.66 bits per heavy atom. The number of rotatable bonds is 6. The average Bonchev–Trinajstić information content (AvgIpc) is 3.07. The zero-order chi connectivity index (χ0) is 22.8. The third-order valence-corrected chi connectivity index (χ3v) is 6.81. The van der Waals surface area contributed by atoms with E-state index in [2.05, 4.69) is 10.3 Å². The molecule has 1 unspecified atom stereocenters. The van der Waals surface area contributed by atoms with Gasteiger partial charge >= 0.3 is 0 Å². The van der Waals surface area contributed by atoms with Crippen molar-refractivity contribution in [2.24, 2.45) is 0 Å². The number of aromatic nitrogens is 2. The van der Waals surface area contributed by atoms with Crippen molar-refractivity contribution in [2.45, 2.75) is 39.8 Å². The second kappa shape index (κ2) is 9.26. The predicted octanol–water partition coefficient (Wildman–Crippen LogP) is 4.61. The standard InChI is InChI=1S/C24H24N4O2S2/c1-4-16(3)28-23(30)19(32-24(28)31)13-18-21(25-14-17-10-8-15(2)9-11-17)26-20-7-5-6-12-27(20)22(18)29/h5-13,16,25H,4,14H2,1-3H3/b19-13-. The summed E-state index contributed by atoms with van der Waals surface area (Å²) in [5.74, 6) is 0.270. The van der Waals surface area contributed by atoms with Gasteiger partial charge in [-0.15, -0.1) is 0 Å². The summed E-state index contributed by atoms with van der Waals surface area (Å²) in [6.07, 6.45) is 4.09. The lowest BCUT2D eigenvalue weighted by Gasteiger charge is -2.21. The maximum Gasteiger partial charge on any atom is 0.267 e. The van der Waals surface area contributed by atoms with Gasteiger partial charge < -0.3 is 5.32 Å². The van der Waals surface area contributed by atoms with Gasteiger partial charge in [0.2, 0.25) is 0 Å². The molecule has 0 radical (unpaired) electrons. The van der Waals surface area contributed by atoms with Gasteiger partial charge in [0.1, 0.15) is 15.8 Å². The van der Waals surface area contributed by atoms with E-state index in [1.165, 1.54) is 21.7 Å². The smallest absolute Gasteiger partial charge is 0.267 e. The van der Waals surface area contributed by atoms with E-state index >= 15 is 0 Å². The van der Waals surface area contributed by atoms with Crippen molar-refractivity contribution in [1.29, 1.82) is 0 Å². The second-order valence-corrected chi connectivity index (χ2v) is 9.43. The highest BCUT2D eigenvalue weighted by atomic mass is 32.2. The summed E-state index contributed by atoms with van der Waals surface area (Å²) in [7, 11) is 0. The van der Waals surface area contributed by atoms with Crippen LogP contribution in [-0.2, 0) is 11.3 Å². The van der Waals surface area contributed by atoms with Crippen LogP contribution < -0.4 is 10.9 Å². The summed E-state index contributed by atoms with van der Waals surface area (Å²) in [6.45, 7) is 6.52. The second-order valence-electron chi connectivity index (χ2n) is 7.76. The molecule has 1 atom stereocenters. The van der Waals surface area contributed by atoms with E-state index in [-0.39, 0.29) is 17.5 Å². The Balaban J connectivity index is 1.76. The summed E-state index contributed by atoms with van der Waals surface area (Å²) < 4.78 is 2.00. The molecule has 164 valence electrons. The predicted molar refractivity (Wildman–Crippen MR) is 135 cm³/mol. The highest BCUT2D eigenvalue weighted by Gasteiger charge is 2.35. The summed E-state index contributed by atoms with van der Waals surface area (Å²) >= 11 is 6.66. The normalized spacial score (nSPS) is 16.2. The van der Waals surface area contributed by atoms with Gasteiger partial charge in [-0.25, -0.2) is 4.98 Å². The fourth-order valence-electron chi connectivity index (χ4n) is 3.43. The fraction of sp³-hybridized carbons (Fsp3) is 0.250. The van der Waals surface area contributed by atoms with Gasteiger partial charge in [-0.2, -0.15) is 0 Å². The van der Waals surface area contributed by atoms with E-state index in [1.54, 1.807) is 29.3 Å². The Morgan fingerprint density at radius 2 is 1.94 bits per heavy atom. The van der Waals surface area contributed by atoms with Crippen molar-refractivity contribution in [1.82, 2.24) is 14.3 Å². The molecule has 0 aliphatic carbocycles. The van der Waals surface area contributed by atoms with Crippen LogP contribution in [0.4, 0.5) is 5.82 Å². The van der Waals surface area contributed by atoms with Crippen LogP contribution in [0.5, 0.6) is 0 Å². The number of aryl methyl sites for hydroxylation is 1. The minimum Gasteiger partial charge on any atom is -0.365 e. The lowest BCUT2D eigenvalue weighted by molar-refractivity contribution is -0.123. The van der Waals surface area contributed by atoms with Crippen molar-refractivity contribution in [3.8, 4) is 0 Å². The molecule has 0 bridgehead atoms. The highest BCUT2D eigenvalue weighted by molar-refractivity contribution is 8.26. The van der Waals surface area contributed by atoms with E-state index in [0.29, 0.717) is 32.8 Å². The van der Waals surface area contributed by atoms with E-state index < -0.39 is 0 Å². The molecule has 1 aliphatic rings. The molecule has 8 heteroatoms. The number of carbonyl (C=O) groups is 1. The van der Waals surface area contributed by atoms with Crippen LogP contribution in [-0.4, -0.2) is 30.6 Å². The van der Waals surface area contributed by atoms with Crippen LogP contribution in [0.1, 0.15) is 37.0 Å². The van der Waals surface area contributed by atoms with Crippen molar-refractivity contribution in [2.75, 3.05) is 5.32 Å². The van der Waals surface area contributed by atoms with E-state index in [1.807, 2.05) is 51.1 Å². The Bertz CT molecular complexity index is 1280. The lowest BCUT2D eigenvalue weighted by atomic mass is 10.1. The molecule has 2 aromatic heterocycles. The largest absolute Gasteiger partial charge is 0.365 e. The number of amides is 1. The minimum atomic E-state index is -0.240. The quantitative estimate of drug-likeness (QED) is 0.424. The number of anilines is 1. The molecule has 3 heterocycles. The molecule has 0 saturated carbocycles. The number of thioether (sulfide) groups is 1. The third-order valence-electron chi connectivity index (χ3n) is 5.48. The average molecular weight is 465 g/mol. The van der Waals surface area contributed by atoms with E-state index in [9.17, 15) is 9.59 Å². The molecule has 1 aliphatic heterocycles. The van der Waals surface area contributed by atoms with E-state index in [0.717, 1.165) is 12.0 Å². The van der Waals surface area contributed by atoms with Crippen molar-refractivity contribution < 1.29 is 4.79 Å². The van der Waals surface area contributed by atoms with Gasteiger partial charge in [-0.3, -0.25) is 18.9 Å². The monoisotopic (exact) mass is 464 g/mol. The number of carbonyl (C=O) groups excluding carboxylic acids is 1. The molecule has 4 rings (SSSR count). The summed E-state index contributed by atoms with van der Waals surface area (Å²) in [4.78, 5) is 33.1. The van der Waals surface area contributed by atoms with Crippen LogP contribution in [0, 0.1) is 6.92 Å². The van der Waals surface area contributed by atoms with Crippen LogP contribution >= 0.6 is 24.0 Å². The number of benzene rings is 1. The Morgan fingerprint density at radius 1 is 1.19 bits per heavy atom. The molecule has 1 amide bonds. The fourth-order valence-corrected chi connectivity index (χ4v) is 4.88. The summed E-state index contributed by atoms with van der Waals surface area (Å²) in [6, 6.07) is 13.6. The SMILES string of the molecule is CCC(C)N1C(=O)/C(=C/c2c(NCc3ccc(C)cc3)nc3ccccn3c2=O)SC1=S. The van der Waals surface area contributed by atoms with Gasteiger partial charge in [-0.1, -0.05) is 66.8 Å². The maximum absolute atomic E-state index is 13.3. The van der Waals surface area contributed by atoms with Gasteiger partial charge in [0, 0.05) is 18.8 Å². The Kier molecular flexibility index (Phi) is 6.43. The minimum absolute atomic E-state index is 0.00311. The zero-order valence-electron chi connectivity index (χ0n) is 18.2. The van der Waals surface area contributed by atoms with Crippen LogP contribution in [0.2, 0.25) is 0 Å². The number of thiocarbonyl (C=S) groups is 1. The van der Waals surface area contributed by atoms with Crippen molar-refractivity contribution in [3.63, 3.8) is 0 Å². The molecule has 1 saturated heterocycles. The summed E-state index contributed by atoms with van der Waals surface area (Å²) in [5.41, 5.74) is 2.88. The number of nitrogens with one attached hydrogen (secondary N) is 1. The first-order valence-electron chi connectivity index (χ1n) is 10.5. The molecule has 1 aromatic carbocycles. The molecule has 0 spiro atoms. The summed E-state index contributed by atoms with van der Waals surface area (Å²) in [5, 5.41) is 3.29. The first kappa shape index (κ1) is 22.2. The van der Waals surface area contributed by atoms with Crippen molar-refractivity contribution >= 4 is 51.7 Å². The first-order chi connectivity index (χ1) is 15.4. The number of fused-ring (bicyclic) bond motifs is 1. The van der Waals surface area contributed by atoms with Crippen LogP contribution in [0.15, 0.2) is 58.4 Å². The molecule has 32 heavy (non-hydrogen) atoms. The number of hydrogen-bond donors (Lipinski definition) is 1. The highest BCUT2D eigenvalue weighted by Crippen LogP contribution is 2.34. The number of pyridine rings is 1. The number of hydrogen-bond acceptors (Lipinski definition) is 6. The molecular formula is C24H24N4O2S2. The first-order valence-corrected chi connectivity index (χ1v) is 11.7. The van der Waals surface area contributed by atoms with E-state index in [4.69, 9.17) is 12.2 Å². The molecule has 1 fully saturated rings. The van der Waals surface area contributed by atoms with Gasteiger partial charge in [0.05, 0.1) is 10.5 Å². The van der Waals surface area contributed by atoms with Gasteiger partial charge in [0.15, 0.2) is 0 Å². The molecule has 1 N–H and O–H groups in total. The number of nitrogens with zero attached hydrogens (tertiary/aromatic N) is 3. The molecule has 3 aromatic rings. The molecular weight excluding hydrogens is 440 g/mol. The van der Waals surface area contributed by atoms with Crippen molar-refractivity contribution in [3.05, 3.63) is 80.6 Å². The zero-order valence-corrected chi connectivity index (χ0v) is 19.8. The Hall–Kier alpha value is -2.97.